The van der Waals surface area contributed by atoms with E-state index in [1.807, 2.05) is 56.3 Å². The monoisotopic (exact) mass is 371 g/mol. The summed E-state index contributed by atoms with van der Waals surface area (Å²) in [5.41, 5.74) is 4.77. The fourth-order valence-electron chi connectivity index (χ4n) is 3.03. The van der Waals surface area contributed by atoms with Crippen molar-refractivity contribution in [3.05, 3.63) is 59.6 Å². The quantitative estimate of drug-likeness (QED) is 0.632. The molecule has 1 unspecified atom stereocenters. The maximum absolute atomic E-state index is 12.6. The summed E-state index contributed by atoms with van der Waals surface area (Å²) in [4.78, 5) is 14.8. The molecule has 1 fully saturated rings. The van der Waals surface area contributed by atoms with Crippen LogP contribution >= 0.6 is 11.6 Å². The molecule has 1 atom stereocenters. The van der Waals surface area contributed by atoms with Crippen molar-refractivity contribution >= 4 is 34.7 Å². The SMILES string of the molecule is CCOC(=O)C1(C)CN(c2ccccc2)C/C1=N\Nc1cccc(Cl)c1. The van der Waals surface area contributed by atoms with Gasteiger partial charge in [0.15, 0.2) is 0 Å². The first-order valence-corrected chi connectivity index (χ1v) is 8.96. The molecule has 5 nitrogen and oxygen atoms in total. The number of hydrazone groups is 1. The maximum atomic E-state index is 12.6. The number of carbonyl (C=O) groups excluding carboxylic acids is 1. The van der Waals surface area contributed by atoms with Crippen molar-refractivity contribution in [3.63, 3.8) is 0 Å². The van der Waals surface area contributed by atoms with E-state index < -0.39 is 5.41 Å². The van der Waals surface area contributed by atoms with E-state index in [1.165, 1.54) is 0 Å². The molecule has 1 aliphatic heterocycles. The van der Waals surface area contributed by atoms with E-state index in [4.69, 9.17) is 16.3 Å². The van der Waals surface area contributed by atoms with Crippen molar-refractivity contribution in [2.75, 3.05) is 30.0 Å². The molecule has 0 amide bonds. The largest absolute Gasteiger partial charge is 0.465 e. The molecule has 6 heteroatoms. The van der Waals surface area contributed by atoms with Gasteiger partial charge >= 0.3 is 5.97 Å². The molecule has 3 rings (SSSR count). The summed E-state index contributed by atoms with van der Waals surface area (Å²) in [5.74, 6) is -0.259. The number of hydrogen-bond acceptors (Lipinski definition) is 5. The van der Waals surface area contributed by atoms with Crippen LogP contribution in [0.5, 0.6) is 0 Å². The fraction of sp³-hybridized carbons (Fsp3) is 0.300. The number of benzene rings is 2. The molecule has 26 heavy (non-hydrogen) atoms. The van der Waals surface area contributed by atoms with Gasteiger partial charge in [-0.1, -0.05) is 35.9 Å². The van der Waals surface area contributed by atoms with Crippen molar-refractivity contribution in [1.82, 2.24) is 0 Å². The van der Waals surface area contributed by atoms with Crippen molar-refractivity contribution in [2.45, 2.75) is 13.8 Å². The average Bonchev–Trinajstić information content (AvgIpc) is 2.99. The number of ether oxygens (including phenoxy) is 1. The van der Waals surface area contributed by atoms with Crippen LogP contribution in [-0.4, -0.2) is 31.4 Å². The topological polar surface area (TPSA) is 53.9 Å². The second-order valence-corrected chi connectivity index (χ2v) is 6.86. The van der Waals surface area contributed by atoms with Crippen LogP contribution in [0, 0.1) is 5.41 Å². The predicted octanol–water partition coefficient (Wildman–Crippen LogP) is 4.20. The molecule has 0 aliphatic carbocycles. The zero-order valence-corrected chi connectivity index (χ0v) is 15.7. The van der Waals surface area contributed by atoms with E-state index in [2.05, 4.69) is 15.4 Å². The molecule has 0 radical (unpaired) electrons. The number of para-hydroxylation sites is 1. The van der Waals surface area contributed by atoms with Crippen molar-refractivity contribution in [1.29, 1.82) is 0 Å². The van der Waals surface area contributed by atoms with Gasteiger partial charge in [-0.3, -0.25) is 10.2 Å². The maximum Gasteiger partial charge on any atom is 0.319 e. The molecule has 1 aliphatic rings. The first kappa shape index (κ1) is 18.3. The lowest BCUT2D eigenvalue weighted by Crippen LogP contribution is -2.38. The Labute approximate surface area is 158 Å². The Bertz CT molecular complexity index is 810. The normalized spacial score (nSPS) is 21.0. The summed E-state index contributed by atoms with van der Waals surface area (Å²) in [6, 6.07) is 17.3. The number of nitrogens with one attached hydrogen (secondary N) is 1. The van der Waals surface area contributed by atoms with E-state index in [0.717, 1.165) is 17.1 Å². The van der Waals surface area contributed by atoms with E-state index in [1.54, 1.807) is 12.1 Å². The van der Waals surface area contributed by atoms with E-state index in [9.17, 15) is 4.79 Å². The Hall–Kier alpha value is -2.53. The Kier molecular flexibility index (Phi) is 5.47. The smallest absolute Gasteiger partial charge is 0.319 e. The summed E-state index contributed by atoms with van der Waals surface area (Å²) in [6.07, 6.45) is 0. The lowest BCUT2D eigenvalue weighted by atomic mass is 9.88. The van der Waals surface area contributed by atoms with Gasteiger partial charge in [0.1, 0.15) is 5.41 Å². The van der Waals surface area contributed by atoms with Crippen LogP contribution in [0.25, 0.3) is 0 Å². The highest BCUT2D eigenvalue weighted by Gasteiger charge is 2.47. The molecular weight excluding hydrogens is 350 g/mol. The summed E-state index contributed by atoms with van der Waals surface area (Å²) in [6.45, 7) is 5.10. The average molecular weight is 372 g/mol. The minimum atomic E-state index is -0.808. The summed E-state index contributed by atoms with van der Waals surface area (Å²) in [7, 11) is 0. The summed E-state index contributed by atoms with van der Waals surface area (Å²) < 4.78 is 5.32. The lowest BCUT2D eigenvalue weighted by molar-refractivity contribution is -0.149. The summed E-state index contributed by atoms with van der Waals surface area (Å²) >= 11 is 6.02. The highest BCUT2D eigenvalue weighted by molar-refractivity contribution is 6.30. The van der Waals surface area contributed by atoms with Gasteiger partial charge in [-0.25, -0.2) is 0 Å². The molecule has 0 saturated carbocycles. The number of anilines is 2. The first-order valence-electron chi connectivity index (χ1n) is 8.59. The van der Waals surface area contributed by atoms with Gasteiger partial charge in [-0.05, 0) is 44.2 Å². The van der Waals surface area contributed by atoms with Crippen molar-refractivity contribution in [2.24, 2.45) is 10.5 Å². The van der Waals surface area contributed by atoms with Crippen molar-refractivity contribution in [3.8, 4) is 0 Å². The van der Waals surface area contributed by atoms with Gasteiger partial charge in [0.2, 0.25) is 0 Å². The zero-order valence-electron chi connectivity index (χ0n) is 14.9. The third-order valence-electron chi connectivity index (χ3n) is 4.48. The molecule has 2 aromatic rings. The van der Waals surface area contributed by atoms with Gasteiger partial charge in [0.25, 0.3) is 0 Å². The van der Waals surface area contributed by atoms with Crippen LogP contribution in [0.1, 0.15) is 13.8 Å². The van der Waals surface area contributed by atoms with Crippen LogP contribution in [0.2, 0.25) is 5.02 Å². The molecule has 1 N–H and O–H groups in total. The van der Waals surface area contributed by atoms with Gasteiger partial charge in [-0.2, -0.15) is 5.10 Å². The molecule has 0 bridgehead atoms. The number of carbonyl (C=O) groups is 1. The third-order valence-corrected chi connectivity index (χ3v) is 4.71. The van der Waals surface area contributed by atoms with Crippen LogP contribution < -0.4 is 10.3 Å². The Morgan fingerprint density at radius 3 is 2.73 bits per heavy atom. The highest BCUT2D eigenvalue weighted by atomic mass is 35.5. The zero-order chi connectivity index (χ0) is 18.6. The Balaban J connectivity index is 1.88. The standard InChI is InChI=1S/C20H22ClN3O2/c1-3-26-19(25)20(2)14-24(17-10-5-4-6-11-17)13-18(20)23-22-16-9-7-8-15(21)12-16/h4-12,22H,3,13-14H2,1-2H3/b23-18+. The van der Waals surface area contributed by atoms with Crippen LogP contribution in [-0.2, 0) is 9.53 Å². The van der Waals surface area contributed by atoms with E-state index in [-0.39, 0.29) is 5.97 Å². The number of halogens is 1. The number of esters is 1. The van der Waals surface area contributed by atoms with Crippen LogP contribution in [0.15, 0.2) is 59.7 Å². The predicted molar refractivity (Wildman–Crippen MR) is 106 cm³/mol. The molecule has 2 aromatic carbocycles. The highest BCUT2D eigenvalue weighted by Crippen LogP contribution is 2.33. The van der Waals surface area contributed by atoms with E-state index in [0.29, 0.717) is 24.7 Å². The molecule has 136 valence electrons. The van der Waals surface area contributed by atoms with Crippen molar-refractivity contribution < 1.29 is 9.53 Å². The molecular formula is C20H22ClN3O2. The van der Waals surface area contributed by atoms with Crippen LogP contribution in [0.4, 0.5) is 11.4 Å². The molecule has 0 aromatic heterocycles. The second kappa shape index (κ2) is 7.79. The van der Waals surface area contributed by atoms with E-state index >= 15 is 0 Å². The number of rotatable bonds is 5. The minimum Gasteiger partial charge on any atom is -0.465 e. The van der Waals surface area contributed by atoms with Gasteiger partial charge in [0.05, 0.1) is 24.6 Å². The van der Waals surface area contributed by atoms with Gasteiger partial charge < -0.3 is 9.64 Å². The van der Waals surface area contributed by atoms with Gasteiger partial charge in [0, 0.05) is 17.3 Å². The Morgan fingerprint density at radius 1 is 1.27 bits per heavy atom. The number of nitrogens with zero attached hydrogens (tertiary/aromatic N) is 2. The molecule has 1 heterocycles. The molecule has 0 spiro atoms. The molecule has 1 saturated heterocycles. The first-order chi connectivity index (χ1) is 12.5. The lowest BCUT2D eigenvalue weighted by Gasteiger charge is -2.23. The van der Waals surface area contributed by atoms with Crippen LogP contribution in [0.3, 0.4) is 0 Å². The summed E-state index contributed by atoms with van der Waals surface area (Å²) in [5, 5.41) is 5.16. The third kappa shape index (κ3) is 3.83. The fourth-order valence-corrected chi connectivity index (χ4v) is 3.22. The number of hydrogen-bond donors (Lipinski definition) is 1. The Morgan fingerprint density at radius 2 is 2.04 bits per heavy atom. The minimum absolute atomic E-state index is 0.259. The van der Waals surface area contributed by atoms with Gasteiger partial charge in [-0.15, -0.1) is 0 Å². The second-order valence-electron chi connectivity index (χ2n) is 6.42.